The fourth-order valence-electron chi connectivity index (χ4n) is 3.34. The van der Waals surface area contributed by atoms with Crippen LogP contribution in [0.2, 0.25) is 0 Å². The lowest BCUT2D eigenvalue weighted by atomic mass is 10.1. The summed E-state index contributed by atoms with van der Waals surface area (Å²) < 4.78 is 44.1. The van der Waals surface area contributed by atoms with Crippen LogP contribution >= 0.6 is 0 Å². The maximum atomic E-state index is 8.57. The number of aliphatic hydroxyl groups excluding tert-OH is 1. The zero-order valence-electron chi connectivity index (χ0n) is 24.1. The number of unbranched alkanes of at least 4 members (excludes halogenated alkanes) is 7. The summed E-state index contributed by atoms with van der Waals surface area (Å²) >= 11 is 0. The van der Waals surface area contributed by atoms with Crippen molar-refractivity contribution in [2.45, 2.75) is 84.3 Å². The first-order valence-corrected chi connectivity index (χ1v) is 14.5. The molecule has 2 atom stereocenters. The third-order valence-electron chi connectivity index (χ3n) is 5.46. The molecular formula is C28H58O9. The van der Waals surface area contributed by atoms with Crippen LogP contribution in [0.15, 0.2) is 0 Å². The smallest absolute Gasteiger partial charge is 0.0781 e. The lowest BCUT2D eigenvalue weighted by Crippen LogP contribution is -2.24. The fourth-order valence-corrected chi connectivity index (χ4v) is 3.34. The van der Waals surface area contributed by atoms with Gasteiger partial charge in [0.05, 0.1) is 105 Å². The molecule has 224 valence electrons. The zero-order chi connectivity index (χ0) is 27.1. The first-order valence-electron chi connectivity index (χ1n) is 14.5. The third-order valence-corrected chi connectivity index (χ3v) is 5.46. The SMILES string of the molecule is CCCCCCCCCCOCC(C)OCC(C)OCCOCCOCCOCCOCCOCCO. The van der Waals surface area contributed by atoms with Crippen LogP contribution in [-0.2, 0) is 37.9 Å². The van der Waals surface area contributed by atoms with Crippen molar-refractivity contribution in [3.8, 4) is 0 Å². The van der Waals surface area contributed by atoms with E-state index in [1.165, 1.54) is 44.9 Å². The number of rotatable bonds is 32. The molecule has 0 fully saturated rings. The van der Waals surface area contributed by atoms with Gasteiger partial charge in [-0.3, -0.25) is 0 Å². The van der Waals surface area contributed by atoms with E-state index in [0.717, 1.165) is 13.0 Å². The van der Waals surface area contributed by atoms with Crippen LogP contribution in [0.25, 0.3) is 0 Å². The summed E-state index contributed by atoms with van der Waals surface area (Å²) in [7, 11) is 0. The summed E-state index contributed by atoms with van der Waals surface area (Å²) in [4.78, 5) is 0. The molecule has 1 N–H and O–H groups in total. The molecule has 0 aliphatic heterocycles. The number of hydrogen-bond donors (Lipinski definition) is 1. The summed E-state index contributed by atoms with van der Waals surface area (Å²) in [6.07, 6.45) is 10.6. The summed E-state index contributed by atoms with van der Waals surface area (Å²) in [5.74, 6) is 0. The Morgan fingerprint density at radius 1 is 0.432 bits per heavy atom. The Kier molecular flexibility index (Phi) is 31.5. The van der Waals surface area contributed by atoms with Crippen LogP contribution < -0.4 is 0 Å². The van der Waals surface area contributed by atoms with Crippen molar-refractivity contribution >= 4 is 0 Å². The zero-order valence-corrected chi connectivity index (χ0v) is 24.1. The summed E-state index contributed by atoms with van der Waals surface area (Å²) in [5.41, 5.74) is 0. The molecule has 0 aliphatic rings. The number of ether oxygens (including phenoxy) is 8. The molecule has 9 heteroatoms. The molecular weight excluding hydrogens is 480 g/mol. The molecule has 0 spiro atoms. The van der Waals surface area contributed by atoms with Crippen molar-refractivity contribution in [3.05, 3.63) is 0 Å². The number of aliphatic hydroxyl groups is 1. The van der Waals surface area contributed by atoms with E-state index in [4.69, 9.17) is 43.0 Å². The monoisotopic (exact) mass is 538 g/mol. The highest BCUT2D eigenvalue weighted by atomic mass is 16.6. The second-order valence-electron chi connectivity index (χ2n) is 9.16. The highest BCUT2D eigenvalue weighted by Crippen LogP contribution is 2.08. The predicted molar refractivity (Wildman–Crippen MR) is 145 cm³/mol. The molecule has 0 heterocycles. The van der Waals surface area contributed by atoms with Gasteiger partial charge in [-0.1, -0.05) is 51.9 Å². The van der Waals surface area contributed by atoms with Crippen LogP contribution in [0, 0.1) is 0 Å². The molecule has 0 radical (unpaired) electrons. The second-order valence-corrected chi connectivity index (χ2v) is 9.16. The van der Waals surface area contributed by atoms with Crippen molar-refractivity contribution in [3.63, 3.8) is 0 Å². The minimum absolute atomic E-state index is 0.0178. The van der Waals surface area contributed by atoms with Gasteiger partial charge in [0, 0.05) is 6.61 Å². The predicted octanol–water partition coefficient (Wildman–Crippen LogP) is 4.03. The Morgan fingerprint density at radius 2 is 0.865 bits per heavy atom. The van der Waals surface area contributed by atoms with E-state index in [1.54, 1.807) is 0 Å². The van der Waals surface area contributed by atoms with Crippen LogP contribution in [0.3, 0.4) is 0 Å². The van der Waals surface area contributed by atoms with Gasteiger partial charge in [-0.15, -0.1) is 0 Å². The summed E-state index contributed by atoms with van der Waals surface area (Å²) in [6.45, 7) is 13.9. The van der Waals surface area contributed by atoms with Gasteiger partial charge in [0.25, 0.3) is 0 Å². The van der Waals surface area contributed by atoms with Crippen LogP contribution in [0.5, 0.6) is 0 Å². The van der Waals surface area contributed by atoms with Crippen LogP contribution in [0.1, 0.15) is 72.1 Å². The molecule has 2 unspecified atom stereocenters. The van der Waals surface area contributed by atoms with Crippen LogP contribution in [-0.4, -0.2) is 116 Å². The Bertz CT molecular complexity index is 415. The Labute approximate surface area is 226 Å². The van der Waals surface area contributed by atoms with E-state index in [-0.39, 0.29) is 18.8 Å². The quantitative estimate of drug-likeness (QED) is 0.127. The summed E-state index contributed by atoms with van der Waals surface area (Å²) in [6, 6.07) is 0. The first kappa shape index (κ1) is 36.6. The average molecular weight is 539 g/mol. The van der Waals surface area contributed by atoms with Crippen molar-refractivity contribution in [2.24, 2.45) is 0 Å². The largest absolute Gasteiger partial charge is 0.394 e. The number of hydrogen-bond acceptors (Lipinski definition) is 9. The molecule has 0 amide bonds. The molecule has 0 bridgehead atoms. The van der Waals surface area contributed by atoms with E-state index in [2.05, 4.69) is 6.92 Å². The van der Waals surface area contributed by atoms with Crippen molar-refractivity contribution in [1.29, 1.82) is 0 Å². The maximum absolute atomic E-state index is 8.57. The molecule has 0 aliphatic carbocycles. The van der Waals surface area contributed by atoms with Crippen LogP contribution in [0.4, 0.5) is 0 Å². The topological polar surface area (TPSA) is 94.1 Å². The first-order chi connectivity index (χ1) is 18.2. The average Bonchev–Trinajstić information content (AvgIpc) is 2.90. The van der Waals surface area contributed by atoms with E-state index in [0.29, 0.717) is 85.9 Å². The Balaban J connectivity index is 3.25. The standard InChI is InChI=1S/C28H58O9/c1-4-5-6-7-8-9-10-11-13-35-25-27(2)37-26-28(3)36-24-23-34-22-21-33-20-19-32-18-17-31-16-15-30-14-12-29/h27-29H,4-26H2,1-3H3. The van der Waals surface area contributed by atoms with Gasteiger partial charge in [-0.05, 0) is 20.3 Å². The lowest BCUT2D eigenvalue weighted by Gasteiger charge is -2.18. The van der Waals surface area contributed by atoms with Crippen molar-refractivity contribution < 1.29 is 43.0 Å². The van der Waals surface area contributed by atoms with Crippen molar-refractivity contribution in [1.82, 2.24) is 0 Å². The van der Waals surface area contributed by atoms with Gasteiger partial charge in [0.2, 0.25) is 0 Å². The Morgan fingerprint density at radius 3 is 1.38 bits per heavy atom. The molecule has 0 saturated carbocycles. The molecule has 37 heavy (non-hydrogen) atoms. The van der Waals surface area contributed by atoms with Gasteiger partial charge >= 0.3 is 0 Å². The van der Waals surface area contributed by atoms with Gasteiger partial charge in [-0.25, -0.2) is 0 Å². The van der Waals surface area contributed by atoms with E-state index >= 15 is 0 Å². The minimum Gasteiger partial charge on any atom is -0.394 e. The van der Waals surface area contributed by atoms with E-state index in [1.807, 2.05) is 13.8 Å². The third kappa shape index (κ3) is 31.8. The highest BCUT2D eigenvalue weighted by molar-refractivity contribution is 4.53. The van der Waals surface area contributed by atoms with Gasteiger partial charge in [-0.2, -0.15) is 0 Å². The fraction of sp³-hybridized carbons (Fsp3) is 1.00. The highest BCUT2D eigenvalue weighted by Gasteiger charge is 2.07. The normalized spacial score (nSPS) is 13.3. The molecule has 0 rings (SSSR count). The van der Waals surface area contributed by atoms with Crippen molar-refractivity contribution in [2.75, 3.05) is 99.1 Å². The molecule has 0 aromatic heterocycles. The Hall–Kier alpha value is -0.360. The van der Waals surface area contributed by atoms with Gasteiger partial charge in [0.1, 0.15) is 0 Å². The molecule has 0 aromatic rings. The molecule has 9 nitrogen and oxygen atoms in total. The minimum atomic E-state index is 0.0178. The van der Waals surface area contributed by atoms with Gasteiger partial charge in [0.15, 0.2) is 0 Å². The van der Waals surface area contributed by atoms with E-state index < -0.39 is 0 Å². The summed E-state index contributed by atoms with van der Waals surface area (Å²) in [5, 5.41) is 8.57. The lowest BCUT2D eigenvalue weighted by molar-refractivity contribution is -0.0689. The molecule has 0 aromatic carbocycles. The van der Waals surface area contributed by atoms with Gasteiger partial charge < -0.3 is 43.0 Å². The maximum Gasteiger partial charge on any atom is 0.0781 e. The van der Waals surface area contributed by atoms with E-state index in [9.17, 15) is 0 Å². The second kappa shape index (κ2) is 31.9. The molecule has 0 saturated heterocycles.